The van der Waals surface area contributed by atoms with Gasteiger partial charge in [-0.15, -0.1) is 0 Å². The van der Waals surface area contributed by atoms with E-state index in [0.717, 1.165) is 18.5 Å². The summed E-state index contributed by atoms with van der Waals surface area (Å²) in [6.45, 7) is 4.34. The van der Waals surface area contributed by atoms with Crippen molar-refractivity contribution in [1.29, 1.82) is 0 Å². The molecule has 3 nitrogen and oxygen atoms in total. The number of hydrogen-bond donors (Lipinski definition) is 1. The highest BCUT2D eigenvalue weighted by molar-refractivity contribution is 5.26. The molecule has 1 atom stereocenters. The van der Waals surface area contributed by atoms with E-state index in [4.69, 9.17) is 0 Å². The van der Waals surface area contributed by atoms with E-state index in [1.165, 1.54) is 16.8 Å². The summed E-state index contributed by atoms with van der Waals surface area (Å²) in [6, 6.07) is 10.5. The SMILES string of the molecule is CCc1cc(CC(CO)c2ccc(C)cc2)n(C)n1. The van der Waals surface area contributed by atoms with Gasteiger partial charge in [0.1, 0.15) is 0 Å². The molecule has 1 aromatic heterocycles. The van der Waals surface area contributed by atoms with Crippen molar-refractivity contribution in [2.45, 2.75) is 32.6 Å². The van der Waals surface area contributed by atoms with E-state index in [1.54, 1.807) is 0 Å². The second kappa shape index (κ2) is 6.02. The molecule has 0 saturated heterocycles. The third-order valence-electron chi connectivity index (χ3n) is 3.61. The molecular weight excluding hydrogens is 236 g/mol. The predicted octanol–water partition coefficient (Wildman–Crippen LogP) is 2.61. The normalized spacial score (nSPS) is 12.6. The zero-order chi connectivity index (χ0) is 13.8. The molecule has 1 aromatic carbocycles. The molecule has 19 heavy (non-hydrogen) atoms. The Bertz CT molecular complexity index is 528. The van der Waals surface area contributed by atoms with Crippen LogP contribution in [0.3, 0.4) is 0 Å². The first kappa shape index (κ1) is 13.8. The van der Waals surface area contributed by atoms with E-state index in [9.17, 15) is 5.11 Å². The molecule has 1 unspecified atom stereocenters. The third kappa shape index (κ3) is 3.24. The van der Waals surface area contributed by atoms with Gasteiger partial charge in [-0.1, -0.05) is 36.8 Å². The molecule has 2 rings (SSSR count). The summed E-state index contributed by atoms with van der Waals surface area (Å²) in [5, 5.41) is 14.1. The number of nitrogens with zero attached hydrogens (tertiary/aromatic N) is 2. The Morgan fingerprint density at radius 1 is 1.26 bits per heavy atom. The zero-order valence-electron chi connectivity index (χ0n) is 11.9. The highest BCUT2D eigenvalue weighted by atomic mass is 16.3. The van der Waals surface area contributed by atoms with E-state index < -0.39 is 0 Å². The summed E-state index contributed by atoms with van der Waals surface area (Å²) < 4.78 is 1.93. The van der Waals surface area contributed by atoms with Crippen molar-refractivity contribution in [3.05, 3.63) is 52.8 Å². The van der Waals surface area contributed by atoms with Gasteiger partial charge in [-0.25, -0.2) is 0 Å². The fourth-order valence-corrected chi connectivity index (χ4v) is 2.31. The molecule has 102 valence electrons. The zero-order valence-corrected chi connectivity index (χ0v) is 11.9. The molecule has 1 N–H and O–H groups in total. The van der Waals surface area contributed by atoms with Gasteiger partial charge in [0.05, 0.1) is 12.3 Å². The van der Waals surface area contributed by atoms with Crippen molar-refractivity contribution >= 4 is 0 Å². The second-order valence-corrected chi connectivity index (χ2v) is 5.10. The van der Waals surface area contributed by atoms with Crippen LogP contribution in [-0.4, -0.2) is 21.5 Å². The molecule has 0 fully saturated rings. The van der Waals surface area contributed by atoms with Crippen molar-refractivity contribution in [2.75, 3.05) is 6.61 Å². The third-order valence-corrected chi connectivity index (χ3v) is 3.61. The van der Waals surface area contributed by atoms with Gasteiger partial charge in [0.2, 0.25) is 0 Å². The Labute approximate surface area is 114 Å². The summed E-state index contributed by atoms with van der Waals surface area (Å²) in [4.78, 5) is 0. The average molecular weight is 258 g/mol. The lowest BCUT2D eigenvalue weighted by Gasteiger charge is -2.15. The Balaban J connectivity index is 2.18. The first-order chi connectivity index (χ1) is 9.13. The van der Waals surface area contributed by atoms with Crippen LogP contribution in [0.1, 0.15) is 35.4 Å². The topological polar surface area (TPSA) is 38.0 Å². The van der Waals surface area contributed by atoms with Gasteiger partial charge in [0.25, 0.3) is 0 Å². The first-order valence-electron chi connectivity index (χ1n) is 6.83. The second-order valence-electron chi connectivity index (χ2n) is 5.10. The van der Waals surface area contributed by atoms with Gasteiger partial charge in [-0.3, -0.25) is 4.68 Å². The maximum atomic E-state index is 9.64. The minimum Gasteiger partial charge on any atom is -0.396 e. The largest absolute Gasteiger partial charge is 0.396 e. The lowest BCUT2D eigenvalue weighted by molar-refractivity contribution is 0.263. The molecule has 0 radical (unpaired) electrons. The standard InChI is InChI=1S/C16H22N2O/c1-4-15-10-16(18(3)17-15)9-14(11-19)13-7-5-12(2)6-8-13/h5-8,10,14,19H,4,9,11H2,1-3H3. The number of aliphatic hydroxyl groups excluding tert-OH is 1. The van der Waals surface area contributed by atoms with E-state index in [2.05, 4.69) is 49.3 Å². The Morgan fingerprint density at radius 2 is 1.95 bits per heavy atom. The summed E-state index contributed by atoms with van der Waals surface area (Å²) in [7, 11) is 1.97. The number of hydrogen-bond acceptors (Lipinski definition) is 2. The molecule has 0 saturated carbocycles. The lowest BCUT2D eigenvalue weighted by atomic mass is 9.94. The number of benzene rings is 1. The smallest absolute Gasteiger partial charge is 0.0624 e. The molecule has 2 aromatic rings. The van der Waals surface area contributed by atoms with Gasteiger partial charge in [0.15, 0.2) is 0 Å². The van der Waals surface area contributed by atoms with Crippen molar-refractivity contribution in [3.63, 3.8) is 0 Å². The number of aliphatic hydroxyl groups is 1. The molecule has 0 bridgehead atoms. The van der Waals surface area contributed by atoms with Crippen LogP contribution in [0.2, 0.25) is 0 Å². The van der Waals surface area contributed by atoms with Gasteiger partial charge in [0, 0.05) is 18.7 Å². The molecule has 0 aliphatic heterocycles. The van der Waals surface area contributed by atoms with E-state index in [1.807, 2.05) is 11.7 Å². The fourth-order valence-electron chi connectivity index (χ4n) is 2.31. The van der Waals surface area contributed by atoms with Gasteiger partial charge in [-0.2, -0.15) is 5.10 Å². The van der Waals surface area contributed by atoms with E-state index in [-0.39, 0.29) is 12.5 Å². The quantitative estimate of drug-likeness (QED) is 0.895. The van der Waals surface area contributed by atoms with Crippen LogP contribution in [0.4, 0.5) is 0 Å². The Kier molecular flexibility index (Phi) is 4.38. The number of aromatic nitrogens is 2. The summed E-state index contributed by atoms with van der Waals surface area (Å²) >= 11 is 0. The fraction of sp³-hybridized carbons (Fsp3) is 0.438. The molecule has 0 spiro atoms. The molecular formula is C16H22N2O. The molecule has 0 aliphatic rings. The van der Waals surface area contributed by atoms with Crippen molar-refractivity contribution in [1.82, 2.24) is 9.78 Å². The lowest BCUT2D eigenvalue weighted by Crippen LogP contribution is -2.10. The predicted molar refractivity (Wildman–Crippen MR) is 77.3 cm³/mol. The van der Waals surface area contributed by atoms with Gasteiger partial charge < -0.3 is 5.11 Å². The van der Waals surface area contributed by atoms with Crippen LogP contribution >= 0.6 is 0 Å². The van der Waals surface area contributed by atoms with E-state index in [0.29, 0.717) is 0 Å². The molecule has 3 heteroatoms. The van der Waals surface area contributed by atoms with Crippen molar-refractivity contribution in [2.24, 2.45) is 7.05 Å². The van der Waals surface area contributed by atoms with Crippen molar-refractivity contribution < 1.29 is 5.11 Å². The van der Waals surface area contributed by atoms with Crippen LogP contribution in [0, 0.1) is 6.92 Å². The minimum absolute atomic E-state index is 0.140. The van der Waals surface area contributed by atoms with Crippen LogP contribution in [0.25, 0.3) is 0 Å². The highest BCUT2D eigenvalue weighted by Crippen LogP contribution is 2.21. The summed E-state index contributed by atoms with van der Waals surface area (Å²) in [5.74, 6) is 0.140. The molecule has 1 heterocycles. The Hall–Kier alpha value is -1.61. The number of aryl methyl sites for hydroxylation is 3. The summed E-state index contributed by atoms with van der Waals surface area (Å²) in [6.07, 6.45) is 1.77. The monoisotopic (exact) mass is 258 g/mol. The van der Waals surface area contributed by atoms with Gasteiger partial charge in [-0.05, 0) is 31.4 Å². The Morgan fingerprint density at radius 3 is 2.47 bits per heavy atom. The van der Waals surface area contributed by atoms with E-state index >= 15 is 0 Å². The molecule has 0 amide bonds. The highest BCUT2D eigenvalue weighted by Gasteiger charge is 2.14. The maximum absolute atomic E-state index is 9.64. The van der Waals surface area contributed by atoms with Gasteiger partial charge >= 0.3 is 0 Å². The van der Waals surface area contributed by atoms with Crippen LogP contribution < -0.4 is 0 Å². The van der Waals surface area contributed by atoms with Crippen LogP contribution in [0.5, 0.6) is 0 Å². The molecule has 0 aliphatic carbocycles. The van der Waals surface area contributed by atoms with Crippen molar-refractivity contribution in [3.8, 4) is 0 Å². The first-order valence-corrected chi connectivity index (χ1v) is 6.83. The summed E-state index contributed by atoms with van der Waals surface area (Å²) in [5.41, 5.74) is 4.72. The van der Waals surface area contributed by atoms with Crippen LogP contribution in [0.15, 0.2) is 30.3 Å². The number of rotatable bonds is 5. The maximum Gasteiger partial charge on any atom is 0.0624 e. The van der Waals surface area contributed by atoms with Crippen LogP contribution in [-0.2, 0) is 19.9 Å². The minimum atomic E-state index is 0.140. The average Bonchev–Trinajstić information content (AvgIpc) is 2.78.